The van der Waals surface area contributed by atoms with Gasteiger partial charge < -0.3 is 35.8 Å². The van der Waals surface area contributed by atoms with Crippen molar-refractivity contribution >= 4 is 29.5 Å². The summed E-state index contributed by atoms with van der Waals surface area (Å²) in [6.07, 6.45) is -1.43. The largest absolute Gasteiger partial charge is 0.507 e. The van der Waals surface area contributed by atoms with Crippen LogP contribution in [0.2, 0.25) is 0 Å². The van der Waals surface area contributed by atoms with Gasteiger partial charge in [-0.05, 0) is 63.9 Å². The van der Waals surface area contributed by atoms with Crippen LogP contribution in [0, 0.1) is 18.3 Å². The zero-order chi connectivity index (χ0) is 30.0. The number of hydrogen-bond donors (Lipinski definition) is 4. The molecule has 0 saturated heterocycles. The molecule has 2 aromatic carbocycles. The van der Waals surface area contributed by atoms with E-state index >= 15 is 0 Å². The second-order valence-corrected chi connectivity index (χ2v) is 9.96. The maximum absolute atomic E-state index is 13.9. The van der Waals surface area contributed by atoms with Crippen LogP contribution in [0.25, 0.3) is 0 Å². The predicted molar refractivity (Wildman–Crippen MR) is 146 cm³/mol. The lowest BCUT2D eigenvalue weighted by Crippen LogP contribution is -2.52. The van der Waals surface area contributed by atoms with E-state index in [2.05, 4.69) is 10.6 Å². The molecule has 40 heavy (non-hydrogen) atoms. The molecule has 0 radical (unpaired) electrons. The molecule has 12 heteroatoms. The number of nitrogens with zero attached hydrogens (tertiary/aromatic N) is 2. The van der Waals surface area contributed by atoms with Gasteiger partial charge in [0.1, 0.15) is 35.7 Å². The van der Waals surface area contributed by atoms with Gasteiger partial charge >= 0.3 is 6.09 Å². The maximum Gasteiger partial charge on any atom is 0.408 e. The minimum Gasteiger partial charge on any atom is -0.507 e. The molecule has 12 nitrogen and oxygen atoms in total. The number of aromatic hydroxyl groups is 1. The lowest BCUT2D eigenvalue weighted by atomic mass is 9.98. The van der Waals surface area contributed by atoms with Gasteiger partial charge in [0.2, 0.25) is 11.8 Å². The van der Waals surface area contributed by atoms with Crippen LogP contribution in [0.3, 0.4) is 0 Å². The molecule has 2 unspecified atom stereocenters. The minimum absolute atomic E-state index is 0.0560. The number of carbonyl (C=O) groups excluding carboxylic acids is 4. The Kier molecular flexibility index (Phi) is 10.9. The summed E-state index contributed by atoms with van der Waals surface area (Å²) in [4.78, 5) is 52.6. The van der Waals surface area contributed by atoms with Gasteiger partial charge in [0.05, 0.1) is 13.2 Å². The zero-order valence-electron chi connectivity index (χ0n) is 23.2. The number of rotatable bonds is 11. The third kappa shape index (κ3) is 8.90. The first-order valence-corrected chi connectivity index (χ1v) is 12.5. The number of nitrogens with two attached hydrogens (primary N) is 1. The van der Waals surface area contributed by atoms with Gasteiger partial charge in [0, 0.05) is 17.7 Å². The van der Waals surface area contributed by atoms with Crippen LogP contribution in [0.15, 0.2) is 42.5 Å². The molecule has 2 atom stereocenters. The number of nitrogens with one attached hydrogen (secondary N) is 2. The van der Waals surface area contributed by atoms with E-state index < -0.39 is 48.0 Å². The highest BCUT2D eigenvalue weighted by Gasteiger charge is 2.38. The first kappa shape index (κ1) is 31.4. The monoisotopic (exact) mass is 553 g/mol. The molecular weight excluding hydrogens is 518 g/mol. The van der Waals surface area contributed by atoms with Gasteiger partial charge in [-0.3, -0.25) is 14.4 Å². The Morgan fingerprint density at radius 3 is 2.33 bits per heavy atom. The Labute approximate surface area is 233 Å². The third-order valence-corrected chi connectivity index (χ3v) is 5.67. The van der Waals surface area contributed by atoms with Crippen molar-refractivity contribution in [3.8, 4) is 17.6 Å². The fourth-order valence-corrected chi connectivity index (χ4v) is 3.80. The van der Waals surface area contributed by atoms with Gasteiger partial charge in [-0.25, -0.2) is 4.79 Å². The molecule has 0 spiro atoms. The number of alkyl carbamates (subject to hydrolysis) is 1. The van der Waals surface area contributed by atoms with E-state index in [0.29, 0.717) is 17.0 Å². The molecule has 2 aromatic rings. The van der Waals surface area contributed by atoms with Crippen molar-refractivity contribution in [3.63, 3.8) is 0 Å². The van der Waals surface area contributed by atoms with Crippen molar-refractivity contribution in [2.24, 2.45) is 5.73 Å². The van der Waals surface area contributed by atoms with E-state index in [1.165, 1.54) is 13.2 Å². The number of carbonyl (C=O) groups is 4. The molecule has 0 heterocycles. The molecule has 5 N–H and O–H groups in total. The smallest absolute Gasteiger partial charge is 0.408 e. The van der Waals surface area contributed by atoms with E-state index in [1.54, 1.807) is 64.1 Å². The van der Waals surface area contributed by atoms with Gasteiger partial charge in [-0.15, -0.1) is 0 Å². The summed E-state index contributed by atoms with van der Waals surface area (Å²) in [5.41, 5.74) is 5.25. The highest BCUT2D eigenvalue weighted by molar-refractivity contribution is 5.99. The van der Waals surface area contributed by atoms with Crippen molar-refractivity contribution in [2.45, 2.75) is 58.2 Å². The maximum atomic E-state index is 13.9. The Morgan fingerprint density at radius 1 is 1.12 bits per heavy atom. The summed E-state index contributed by atoms with van der Waals surface area (Å²) in [6.45, 7) is 5.93. The van der Waals surface area contributed by atoms with Gasteiger partial charge in [0.15, 0.2) is 0 Å². The summed E-state index contributed by atoms with van der Waals surface area (Å²) in [5, 5.41) is 25.6. The van der Waals surface area contributed by atoms with Gasteiger partial charge in [-0.1, -0.05) is 18.2 Å². The molecule has 0 aliphatic heterocycles. The van der Waals surface area contributed by atoms with E-state index in [0.717, 1.165) is 4.90 Å². The van der Waals surface area contributed by atoms with Crippen LogP contribution < -0.4 is 21.1 Å². The second kappa shape index (κ2) is 13.8. The van der Waals surface area contributed by atoms with Crippen LogP contribution in [0.4, 0.5) is 10.5 Å². The Morgan fingerprint density at radius 2 is 1.77 bits per heavy atom. The molecular formula is C28H35N5O7. The average molecular weight is 554 g/mol. The molecule has 0 bridgehead atoms. The van der Waals surface area contributed by atoms with Crippen LogP contribution in [-0.2, 0) is 19.1 Å². The normalized spacial score (nSPS) is 12.3. The van der Waals surface area contributed by atoms with E-state index in [-0.39, 0.29) is 24.2 Å². The van der Waals surface area contributed by atoms with Crippen molar-refractivity contribution in [1.29, 1.82) is 5.26 Å². The Balaban J connectivity index is 2.56. The van der Waals surface area contributed by atoms with Crippen LogP contribution in [-0.4, -0.2) is 59.1 Å². The first-order chi connectivity index (χ1) is 18.8. The van der Waals surface area contributed by atoms with Crippen LogP contribution in [0.1, 0.15) is 50.8 Å². The van der Waals surface area contributed by atoms with Gasteiger partial charge in [0.25, 0.3) is 5.91 Å². The van der Waals surface area contributed by atoms with Crippen molar-refractivity contribution in [3.05, 3.63) is 53.6 Å². The number of primary amides is 1. The first-order valence-electron chi connectivity index (χ1n) is 12.5. The number of nitriles is 1. The third-order valence-electron chi connectivity index (χ3n) is 5.67. The molecule has 0 fully saturated rings. The molecule has 0 aliphatic carbocycles. The summed E-state index contributed by atoms with van der Waals surface area (Å²) >= 11 is 0. The number of benzene rings is 2. The topological polar surface area (TPSA) is 184 Å². The average Bonchev–Trinajstić information content (AvgIpc) is 2.87. The molecule has 214 valence electrons. The van der Waals surface area contributed by atoms with Crippen molar-refractivity contribution in [2.75, 3.05) is 19.0 Å². The van der Waals surface area contributed by atoms with Crippen molar-refractivity contribution < 1.29 is 33.8 Å². The van der Waals surface area contributed by atoms with Gasteiger partial charge in [-0.2, -0.15) is 5.26 Å². The summed E-state index contributed by atoms with van der Waals surface area (Å²) in [7, 11) is 1.50. The lowest BCUT2D eigenvalue weighted by molar-refractivity contribution is -0.140. The Bertz CT molecular complexity index is 1270. The van der Waals surface area contributed by atoms with E-state index in [4.69, 9.17) is 15.2 Å². The number of amides is 4. The van der Waals surface area contributed by atoms with E-state index in [9.17, 15) is 29.5 Å². The number of aryl methyl sites for hydroxylation is 1. The van der Waals surface area contributed by atoms with Crippen LogP contribution in [0.5, 0.6) is 11.5 Å². The molecule has 0 saturated carbocycles. The number of hydrogen-bond acceptors (Lipinski definition) is 8. The second-order valence-electron chi connectivity index (χ2n) is 9.96. The molecule has 2 rings (SSSR count). The number of anilines is 1. The number of phenols is 1. The summed E-state index contributed by atoms with van der Waals surface area (Å²) < 4.78 is 10.4. The molecule has 4 amide bonds. The number of ether oxygens (including phenoxy) is 2. The predicted octanol–water partition coefficient (Wildman–Crippen LogP) is 2.90. The summed E-state index contributed by atoms with van der Waals surface area (Å²) in [6, 6.07) is 10.1. The van der Waals surface area contributed by atoms with Crippen molar-refractivity contribution in [1.82, 2.24) is 10.2 Å². The lowest BCUT2D eigenvalue weighted by Gasteiger charge is -2.33. The highest BCUT2D eigenvalue weighted by atomic mass is 16.6. The number of methoxy groups -OCH3 is 1. The fraction of sp³-hybridized carbons (Fsp3) is 0.393. The van der Waals surface area contributed by atoms with Crippen LogP contribution >= 0.6 is 0 Å². The fourth-order valence-electron chi connectivity index (χ4n) is 3.80. The minimum atomic E-state index is -1.49. The molecule has 0 aliphatic rings. The summed E-state index contributed by atoms with van der Waals surface area (Å²) in [5.74, 6) is -2.01. The van der Waals surface area contributed by atoms with E-state index in [1.807, 2.05) is 6.07 Å². The highest BCUT2D eigenvalue weighted by Crippen LogP contribution is 2.33. The number of para-hydroxylation sites is 1. The zero-order valence-corrected chi connectivity index (χ0v) is 23.2. The Hall–Kier alpha value is -4.79. The number of phenolic OH excluding ortho intramolecular Hbond substituents is 1. The molecule has 0 aromatic heterocycles. The SMILES string of the molecule is COc1ccc(NC(=O)C(c2cccc(C)c2O)N(CC#N)C(=O)C(CCC(N)=O)NC(=O)OC(C)(C)C)cc1. The standard InChI is InChI=1S/C28H35N5O7/c1-17-7-6-8-20(24(17)35)23(25(36)31-18-9-11-19(39-5)12-10-18)33(16-15-29)26(37)21(13-14-22(30)34)32-27(38)40-28(2,3)4/h6-12,21,23,35H,13-14,16H2,1-5H3,(H2,30,34)(H,31,36)(H,32,38). The quantitative estimate of drug-likeness (QED) is 0.306.